The summed E-state index contributed by atoms with van der Waals surface area (Å²) >= 11 is 0. The van der Waals surface area contributed by atoms with Gasteiger partial charge in [-0.3, -0.25) is 14.5 Å². The molecule has 6 nitrogen and oxygen atoms in total. The van der Waals surface area contributed by atoms with Crippen molar-refractivity contribution in [3.63, 3.8) is 0 Å². The molecule has 2 amide bonds. The zero-order valence-corrected chi connectivity index (χ0v) is 13.0. The first kappa shape index (κ1) is 17.7. The van der Waals surface area contributed by atoms with E-state index in [-0.39, 0.29) is 11.8 Å². The number of likely N-dealkylation sites (tertiary alicyclic amines) is 1. The summed E-state index contributed by atoms with van der Waals surface area (Å²) in [4.78, 5) is 27.0. The number of hydrogen-bond acceptors (Lipinski definition) is 4. The number of nitrogens with two attached hydrogens (primary N) is 1. The number of nitrogens with zero attached hydrogens (tertiary/aromatic N) is 2. The number of aliphatic hydroxyl groups excluding tert-OH is 1. The maximum Gasteiger partial charge on any atom is 0.246 e. The summed E-state index contributed by atoms with van der Waals surface area (Å²) in [5.41, 5.74) is 6.08. The molecule has 1 fully saturated rings. The normalized spacial score (nSPS) is 18.2. The van der Waals surface area contributed by atoms with Gasteiger partial charge in [0.25, 0.3) is 0 Å². The zero-order valence-electron chi connectivity index (χ0n) is 13.0. The fraction of sp³-hybridized carbons (Fsp3) is 0.733. The second-order valence-corrected chi connectivity index (χ2v) is 5.83. The topological polar surface area (TPSA) is 86.9 Å². The van der Waals surface area contributed by atoms with E-state index in [1.165, 1.54) is 0 Å². The third-order valence-electron chi connectivity index (χ3n) is 3.92. The molecule has 120 valence electrons. The lowest BCUT2D eigenvalue weighted by atomic mass is 9.91. The monoisotopic (exact) mass is 297 g/mol. The summed E-state index contributed by atoms with van der Waals surface area (Å²) in [6.45, 7) is 10.7. The molecule has 3 N–H and O–H groups in total. The van der Waals surface area contributed by atoms with Gasteiger partial charge in [-0.25, -0.2) is 0 Å². The van der Waals surface area contributed by atoms with Crippen LogP contribution in [0.4, 0.5) is 0 Å². The van der Waals surface area contributed by atoms with Gasteiger partial charge in [0.2, 0.25) is 11.8 Å². The highest BCUT2D eigenvalue weighted by Gasteiger charge is 2.29. The number of piperidine rings is 1. The van der Waals surface area contributed by atoms with Crippen LogP contribution in [0.1, 0.15) is 26.7 Å². The van der Waals surface area contributed by atoms with E-state index in [4.69, 9.17) is 5.73 Å². The van der Waals surface area contributed by atoms with Gasteiger partial charge in [0.15, 0.2) is 0 Å². The second kappa shape index (κ2) is 8.14. The van der Waals surface area contributed by atoms with Crippen molar-refractivity contribution in [2.45, 2.75) is 32.8 Å². The van der Waals surface area contributed by atoms with Crippen molar-refractivity contribution in [1.82, 2.24) is 9.80 Å². The van der Waals surface area contributed by atoms with E-state index in [0.29, 0.717) is 45.6 Å². The summed E-state index contributed by atoms with van der Waals surface area (Å²) in [6, 6.07) is 0. The van der Waals surface area contributed by atoms with Crippen molar-refractivity contribution < 1.29 is 14.7 Å². The molecule has 1 heterocycles. The Kier molecular flexibility index (Phi) is 6.84. The Labute approximate surface area is 126 Å². The Morgan fingerprint density at radius 3 is 2.43 bits per heavy atom. The average Bonchev–Trinajstić information content (AvgIpc) is 2.44. The predicted molar refractivity (Wildman–Crippen MR) is 81.4 cm³/mol. The first-order valence-corrected chi connectivity index (χ1v) is 7.47. The van der Waals surface area contributed by atoms with Crippen LogP contribution in [0, 0.1) is 5.92 Å². The largest absolute Gasteiger partial charge is 0.383 e. The molecule has 0 saturated carbocycles. The molecule has 0 radical (unpaired) electrons. The van der Waals surface area contributed by atoms with Crippen LogP contribution in [-0.4, -0.2) is 65.5 Å². The maximum atomic E-state index is 12.2. The van der Waals surface area contributed by atoms with E-state index in [0.717, 1.165) is 5.57 Å². The van der Waals surface area contributed by atoms with Gasteiger partial charge < -0.3 is 15.7 Å². The van der Waals surface area contributed by atoms with Gasteiger partial charge in [-0.1, -0.05) is 12.2 Å². The first-order chi connectivity index (χ1) is 9.85. The predicted octanol–water partition coefficient (Wildman–Crippen LogP) is -0.0308. The van der Waals surface area contributed by atoms with Crippen molar-refractivity contribution in [2.75, 3.05) is 32.7 Å². The Morgan fingerprint density at radius 1 is 1.43 bits per heavy atom. The molecule has 21 heavy (non-hydrogen) atoms. The molecule has 1 aliphatic rings. The number of hydrogen-bond donors (Lipinski definition) is 2. The van der Waals surface area contributed by atoms with E-state index >= 15 is 0 Å². The van der Waals surface area contributed by atoms with Crippen molar-refractivity contribution in [3.8, 4) is 0 Å². The molecule has 0 aromatic heterocycles. The number of carbonyl (C=O) groups excluding carboxylic acids is 2. The minimum atomic E-state index is -1.07. The number of primary amides is 1. The summed E-state index contributed by atoms with van der Waals surface area (Å²) in [6.07, 6.45) is 0.298. The molecular weight excluding hydrogens is 270 g/mol. The average molecular weight is 297 g/mol. The third-order valence-corrected chi connectivity index (χ3v) is 3.92. The molecule has 0 unspecified atom stereocenters. The molecule has 6 heteroatoms. The lowest BCUT2D eigenvalue weighted by molar-refractivity contribution is -0.134. The fourth-order valence-electron chi connectivity index (χ4n) is 2.65. The van der Waals surface area contributed by atoms with Crippen molar-refractivity contribution in [3.05, 3.63) is 12.2 Å². The lowest BCUT2D eigenvalue weighted by Crippen LogP contribution is -2.46. The van der Waals surface area contributed by atoms with Gasteiger partial charge in [-0.2, -0.15) is 0 Å². The van der Waals surface area contributed by atoms with E-state index in [9.17, 15) is 14.7 Å². The summed E-state index contributed by atoms with van der Waals surface area (Å²) in [5.74, 6) is -0.663. The standard InChI is InChI=1S/C15H27N3O3/c1-4-18(9-11(2)3)13(19)10-17-7-5-12(6-8-17)14(20)15(16)21/h12,14,20H,2,4-10H2,1,3H3,(H2,16,21)/t14-/m0/s1. The fourth-order valence-corrected chi connectivity index (χ4v) is 2.65. The summed E-state index contributed by atoms with van der Waals surface area (Å²) in [7, 11) is 0. The van der Waals surface area contributed by atoms with Crippen molar-refractivity contribution in [2.24, 2.45) is 11.7 Å². The van der Waals surface area contributed by atoms with Crippen LogP contribution in [0.25, 0.3) is 0 Å². The number of carbonyl (C=O) groups is 2. The highest BCUT2D eigenvalue weighted by Crippen LogP contribution is 2.20. The van der Waals surface area contributed by atoms with Gasteiger partial charge in [0, 0.05) is 13.1 Å². The van der Waals surface area contributed by atoms with Gasteiger partial charge in [0.05, 0.1) is 6.54 Å². The van der Waals surface area contributed by atoms with E-state index in [1.54, 1.807) is 4.90 Å². The molecular formula is C15H27N3O3. The van der Waals surface area contributed by atoms with Crippen LogP contribution >= 0.6 is 0 Å². The number of likely N-dealkylation sites (N-methyl/N-ethyl adjacent to an activating group) is 1. The van der Waals surface area contributed by atoms with Gasteiger partial charge in [-0.15, -0.1) is 0 Å². The molecule has 0 bridgehead atoms. The number of aliphatic hydroxyl groups is 1. The minimum Gasteiger partial charge on any atom is -0.383 e. The van der Waals surface area contributed by atoms with Crippen LogP contribution in [0.15, 0.2) is 12.2 Å². The Hall–Kier alpha value is -1.40. The highest BCUT2D eigenvalue weighted by molar-refractivity contribution is 5.79. The van der Waals surface area contributed by atoms with E-state index < -0.39 is 12.0 Å². The molecule has 1 saturated heterocycles. The molecule has 0 aliphatic carbocycles. The molecule has 0 spiro atoms. The molecule has 1 aliphatic heterocycles. The van der Waals surface area contributed by atoms with E-state index in [2.05, 4.69) is 11.5 Å². The zero-order chi connectivity index (χ0) is 16.0. The molecule has 0 aromatic carbocycles. The molecule has 1 rings (SSSR count). The Bertz CT molecular complexity index is 390. The van der Waals surface area contributed by atoms with Crippen LogP contribution in [0.2, 0.25) is 0 Å². The minimum absolute atomic E-state index is 0.0912. The van der Waals surface area contributed by atoms with Crippen molar-refractivity contribution in [1.29, 1.82) is 0 Å². The van der Waals surface area contributed by atoms with Crippen LogP contribution in [-0.2, 0) is 9.59 Å². The highest BCUT2D eigenvalue weighted by atomic mass is 16.3. The number of rotatable bonds is 7. The van der Waals surface area contributed by atoms with Crippen LogP contribution in [0.3, 0.4) is 0 Å². The summed E-state index contributed by atoms with van der Waals surface area (Å²) < 4.78 is 0. The smallest absolute Gasteiger partial charge is 0.246 e. The lowest BCUT2D eigenvalue weighted by Gasteiger charge is -2.34. The van der Waals surface area contributed by atoms with Crippen LogP contribution in [0.5, 0.6) is 0 Å². The van der Waals surface area contributed by atoms with Crippen LogP contribution < -0.4 is 5.73 Å². The summed E-state index contributed by atoms with van der Waals surface area (Å²) in [5, 5.41) is 9.67. The number of amides is 2. The Balaban J connectivity index is 2.43. The second-order valence-electron chi connectivity index (χ2n) is 5.83. The van der Waals surface area contributed by atoms with Gasteiger partial charge in [-0.05, 0) is 45.7 Å². The van der Waals surface area contributed by atoms with Gasteiger partial charge in [0.1, 0.15) is 6.10 Å². The quantitative estimate of drug-likeness (QED) is 0.646. The maximum absolute atomic E-state index is 12.2. The Morgan fingerprint density at radius 2 is 2.00 bits per heavy atom. The van der Waals surface area contributed by atoms with Gasteiger partial charge >= 0.3 is 0 Å². The molecule has 1 atom stereocenters. The van der Waals surface area contributed by atoms with Crippen molar-refractivity contribution >= 4 is 11.8 Å². The molecule has 0 aromatic rings. The third kappa shape index (κ3) is 5.47. The SMILES string of the molecule is C=C(C)CN(CC)C(=O)CN1CCC([C@H](O)C(N)=O)CC1. The first-order valence-electron chi connectivity index (χ1n) is 7.47. The van der Waals surface area contributed by atoms with E-state index in [1.807, 2.05) is 13.8 Å².